The molecule has 2 N–H and O–H groups in total. The zero-order valence-corrected chi connectivity index (χ0v) is 64.5. The van der Waals surface area contributed by atoms with E-state index in [4.69, 9.17) is 5.73 Å². The summed E-state index contributed by atoms with van der Waals surface area (Å²) in [5.74, 6) is 1.23. The maximum absolute atomic E-state index is 6.70. The van der Waals surface area contributed by atoms with Crippen LogP contribution in [0.1, 0.15) is 196 Å². The molecule has 1 unspecified atom stereocenters. The first-order valence-electron chi connectivity index (χ1n) is 38.7. The first-order chi connectivity index (χ1) is 49.1. The monoisotopic (exact) mass is 1350 g/mol. The van der Waals surface area contributed by atoms with Crippen LogP contribution >= 0.6 is 0 Å². The van der Waals surface area contributed by atoms with Gasteiger partial charge in [-0.05, 0) is 298 Å². The zero-order valence-electron chi connectivity index (χ0n) is 64.5. The average molecular weight is 1350 g/mol. The summed E-state index contributed by atoms with van der Waals surface area (Å²) in [7, 11) is 0. The van der Waals surface area contributed by atoms with E-state index in [2.05, 4.69) is 344 Å². The van der Waals surface area contributed by atoms with E-state index in [1.54, 1.807) is 0 Å². The van der Waals surface area contributed by atoms with Crippen LogP contribution in [0.5, 0.6) is 0 Å². The number of hydrogen-bond acceptors (Lipinski definition) is 3. The summed E-state index contributed by atoms with van der Waals surface area (Å²) >= 11 is 0. The number of anilines is 6. The summed E-state index contributed by atoms with van der Waals surface area (Å²) in [5.41, 5.74) is 41.9. The number of unbranched alkanes of at least 4 members (excludes halogenated alkanes) is 6. The molecule has 0 saturated carbocycles. The third-order valence-electron chi connectivity index (χ3n) is 21.9. The summed E-state index contributed by atoms with van der Waals surface area (Å²) in [6.07, 6.45) is 15.8. The van der Waals surface area contributed by atoms with Crippen LogP contribution in [0, 0.1) is 39.5 Å². The Morgan fingerprint density at radius 3 is 0.990 bits per heavy atom. The first-order valence-corrected chi connectivity index (χ1v) is 38.7. The summed E-state index contributed by atoms with van der Waals surface area (Å²) in [6, 6.07) is 88.7. The normalized spacial score (nSPS) is 12.3. The number of nitrogens with zero attached hydrogens (tertiary/aromatic N) is 2. The fraction of sp³-hybridized carbons (Fsp3) is 0.333. The van der Waals surface area contributed by atoms with Gasteiger partial charge < -0.3 is 15.5 Å². The third-order valence-corrected chi connectivity index (χ3v) is 21.9. The molecule has 1 atom stereocenters. The highest BCUT2D eigenvalue weighted by atomic mass is 15.1. The van der Waals surface area contributed by atoms with Crippen molar-refractivity contribution < 1.29 is 0 Å². The van der Waals surface area contributed by atoms with E-state index >= 15 is 0 Å². The van der Waals surface area contributed by atoms with Crippen LogP contribution in [-0.4, -0.2) is 0 Å². The largest absolute Gasteiger partial charge is 0.322 e. The maximum atomic E-state index is 6.70. The molecule has 11 aromatic carbocycles. The van der Waals surface area contributed by atoms with Crippen LogP contribution in [0.2, 0.25) is 0 Å². The topological polar surface area (TPSA) is 32.5 Å². The Kier molecular flexibility index (Phi) is 24.3. The van der Waals surface area contributed by atoms with Crippen LogP contribution in [0.15, 0.2) is 231 Å². The second-order valence-electron chi connectivity index (χ2n) is 31.3. The lowest BCUT2D eigenvalue weighted by Gasteiger charge is -2.28. The Morgan fingerprint density at radius 1 is 0.314 bits per heavy atom. The molecule has 0 radical (unpaired) electrons. The Bertz CT molecular complexity index is 4520. The quantitative estimate of drug-likeness (QED) is 0.0456. The van der Waals surface area contributed by atoms with Gasteiger partial charge in [0.25, 0.3) is 0 Å². The molecule has 102 heavy (non-hydrogen) atoms. The molecule has 11 rings (SSSR count). The molecule has 0 amide bonds. The van der Waals surface area contributed by atoms with E-state index in [9.17, 15) is 0 Å². The lowest BCUT2D eigenvalue weighted by atomic mass is 9.82. The summed E-state index contributed by atoms with van der Waals surface area (Å²) < 4.78 is 0. The summed E-state index contributed by atoms with van der Waals surface area (Å²) in [5, 5.41) is 0. The second-order valence-corrected chi connectivity index (χ2v) is 31.3. The molecule has 526 valence electrons. The second kappa shape index (κ2) is 33.4. The minimum Gasteiger partial charge on any atom is -0.322 e. The molecule has 0 saturated heterocycles. The number of rotatable bonds is 30. The van der Waals surface area contributed by atoms with Gasteiger partial charge in [-0.1, -0.05) is 265 Å². The van der Waals surface area contributed by atoms with Crippen molar-refractivity contribution in [1.29, 1.82) is 0 Å². The van der Waals surface area contributed by atoms with Crippen LogP contribution in [-0.2, 0) is 36.6 Å². The van der Waals surface area contributed by atoms with Gasteiger partial charge in [-0.25, -0.2) is 0 Å². The van der Waals surface area contributed by atoms with E-state index in [1.165, 1.54) is 155 Å². The molecule has 0 aromatic heterocycles. The average Bonchev–Trinajstić information content (AvgIpc) is 0.770. The van der Waals surface area contributed by atoms with E-state index in [-0.39, 0.29) is 11.0 Å². The highest BCUT2D eigenvalue weighted by molar-refractivity contribution is 5.87. The Balaban J connectivity index is 0.982. The number of benzene rings is 11. The number of nitrogens with two attached hydrogens (primary N) is 1. The van der Waals surface area contributed by atoms with Crippen LogP contribution in [0.25, 0.3) is 66.8 Å². The molecule has 3 nitrogen and oxygen atoms in total. The SMILES string of the molecule is CCCCCCc1cc(-c2ccc(N(c3ccc(-c4ccc(C(C)(N)CC)cc4)cc3)c3ccc(-c4c(C)cc(CC(C)C)cc4C)cc3)cc2C)c(CCCCCC)cc1-c1ccc(N(c2ccc(-c3ccc(CC(C)C)cc3)cc2)c2ccc(-c3ccc(C(C)(C)CC)cc3)cc2)cc1C. The van der Waals surface area contributed by atoms with E-state index in [0.717, 1.165) is 91.1 Å². The smallest absolute Gasteiger partial charge is 0.0464 e. The first kappa shape index (κ1) is 74.2. The number of hydrogen-bond donors (Lipinski definition) is 1. The lowest BCUT2D eigenvalue weighted by molar-refractivity contribution is 0.476. The molecule has 0 aliphatic heterocycles. The highest BCUT2D eigenvalue weighted by Gasteiger charge is 2.24. The fourth-order valence-electron chi connectivity index (χ4n) is 15.3. The Labute approximate surface area is 615 Å². The molecule has 11 aromatic rings. The maximum Gasteiger partial charge on any atom is 0.0464 e. The minimum absolute atomic E-state index is 0.139. The van der Waals surface area contributed by atoms with Crippen LogP contribution < -0.4 is 15.5 Å². The van der Waals surface area contributed by atoms with Crippen molar-refractivity contribution in [2.24, 2.45) is 17.6 Å². The fourth-order valence-corrected chi connectivity index (χ4v) is 15.3. The molecular weight excluding hydrogens is 1230 g/mol. The van der Waals surface area contributed by atoms with Crippen molar-refractivity contribution in [3.8, 4) is 66.8 Å². The number of aryl methyl sites for hydroxylation is 6. The third kappa shape index (κ3) is 17.5. The molecule has 0 fully saturated rings. The van der Waals surface area contributed by atoms with Crippen LogP contribution in [0.3, 0.4) is 0 Å². The van der Waals surface area contributed by atoms with Crippen LogP contribution in [0.4, 0.5) is 34.1 Å². The summed E-state index contributed by atoms with van der Waals surface area (Å²) in [6.45, 7) is 34.3. The van der Waals surface area contributed by atoms with Gasteiger partial charge in [-0.3, -0.25) is 0 Å². The van der Waals surface area contributed by atoms with Crippen molar-refractivity contribution in [3.63, 3.8) is 0 Å². The zero-order chi connectivity index (χ0) is 72.2. The van der Waals surface area contributed by atoms with Gasteiger partial charge in [0.15, 0.2) is 0 Å². The van der Waals surface area contributed by atoms with Gasteiger partial charge in [0.1, 0.15) is 0 Å². The standard InChI is InChI=1S/C99H115N3/c1-16-20-22-24-26-83-67-96(94-59-57-92(65-71(94)10)102(89-52-40-81(41-53-89)78-34-46-86(47-35-78)99(15,100)19-4)90-54-42-82(43-55-90)97-72(11)62-75(61-69(7)8)63-73(97)12)84(27-25-23-21-17-2)66-95(83)93-58-56-91(64-70(93)9)101(87-48-36-79(37-49-87)76-30-28-74(29-31-76)60-68(5)6)88-50-38-80(39-51-88)77-32-44-85(45-33-77)98(13,14)18-3/h28-59,62-69H,16-27,60-61,100H2,1-15H3. The van der Waals surface area contributed by atoms with Gasteiger partial charge in [0.05, 0.1) is 0 Å². The molecule has 0 heterocycles. The molecule has 0 aliphatic rings. The van der Waals surface area contributed by atoms with E-state index in [0.29, 0.717) is 11.8 Å². The van der Waals surface area contributed by atoms with Crippen molar-refractivity contribution in [2.45, 2.75) is 205 Å². The van der Waals surface area contributed by atoms with Gasteiger partial charge in [-0.2, -0.15) is 0 Å². The lowest BCUT2D eigenvalue weighted by Crippen LogP contribution is -2.31. The molecule has 0 bridgehead atoms. The molecule has 0 aliphatic carbocycles. The van der Waals surface area contributed by atoms with E-state index in [1.807, 2.05) is 0 Å². The Hall–Kier alpha value is -9.02. The van der Waals surface area contributed by atoms with Gasteiger partial charge in [-0.15, -0.1) is 0 Å². The highest BCUT2D eigenvalue weighted by Crippen LogP contribution is 2.45. The van der Waals surface area contributed by atoms with Crippen molar-refractivity contribution in [1.82, 2.24) is 0 Å². The van der Waals surface area contributed by atoms with Gasteiger partial charge >= 0.3 is 0 Å². The van der Waals surface area contributed by atoms with Gasteiger partial charge in [0.2, 0.25) is 0 Å². The minimum atomic E-state index is -0.360. The molecular formula is C99H115N3. The molecule has 0 spiro atoms. The van der Waals surface area contributed by atoms with Crippen molar-refractivity contribution in [2.75, 3.05) is 9.80 Å². The van der Waals surface area contributed by atoms with Gasteiger partial charge in [0, 0.05) is 39.7 Å². The van der Waals surface area contributed by atoms with Crippen molar-refractivity contribution >= 4 is 34.1 Å². The Morgan fingerprint density at radius 2 is 0.647 bits per heavy atom. The summed E-state index contributed by atoms with van der Waals surface area (Å²) in [4.78, 5) is 4.90. The molecule has 3 heteroatoms. The predicted molar refractivity (Wildman–Crippen MR) is 445 cm³/mol. The van der Waals surface area contributed by atoms with Crippen molar-refractivity contribution in [3.05, 3.63) is 286 Å². The van der Waals surface area contributed by atoms with E-state index < -0.39 is 0 Å². The predicted octanol–water partition coefficient (Wildman–Crippen LogP) is 28.8.